The van der Waals surface area contributed by atoms with Gasteiger partial charge >= 0.3 is 5.97 Å². The summed E-state index contributed by atoms with van der Waals surface area (Å²) in [5.41, 5.74) is 1.57. The minimum Gasteiger partial charge on any atom is -0.481 e. The maximum atomic E-state index is 11.9. The number of carbonyl (C=O) groups is 2. The maximum Gasteiger partial charge on any atom is 0.303 e. The standard InChI is InChI=1S/C17H23NO5/c19-16(8-10-22-12-15-5-2-9-23-15)18-14-4-1-3-13(11-14)6-7-17(20)21/h1,3-4,11,15H,2,5-10,12H2,(H,18,19)(H,20,21). The zero-order chi connectivity index (χ0) is 16.5. The van der Waals surface area contributed by atoms with Crippen molar-refractivity contribution in [3.8, 4) is 0 Å². The van der Waals surface area contributed by atoms with E-state index >= 15 is 0 Å². The lowest BCUT2D eigenvalue weighted by Gasteiger charge is -2.10. The summed E-state index contributed by atoms with van der Waals surface area (Å²) in [6.07, 6.45) is 3.08. The summed E-state index contributed by atoms with van der Waals surface area (Å²) in [5.74, 6) is -0.949. The number of anilines is 1. The fourth-order valence-electron chi connectivity index (χ4n) is 2.43. The van der Waals surface area contributed by atoms with E-state index in [1.54, 1.807) is 18.2 Å². The third-order valence-corrected chi connectivity index (χ3v) is 3.64. The van der Waals surface area contributed by atoms with Gasteiger partial charge in [-0.05, 0) is 37.0 Å². The van der Waals surface area contributed by atoms with Crippen molar-refractivity contribution in [2.45, 2.75) is 38.2 Å². The molecule has 1 aliphatic heterocycles. The van der Waals surface area contributed by atoms with Gasteiger partial charge in [-0.3, -0.25) is 9.59 Å². The van der Waals surface area contributed by atoms with Gasteiger partial charge in [0.25, 0.3) is 0 Å². The molecule has 2 N–H and O–H groups in total. The molecule has 1 fully saturated rings. The first kappa shape index (κ1) is 17.4. The maximum absolute atomic E-state index is 11.9. The number of hydrogen-bond donors (Lipinski definition) is 2. The van der Waals surface area contributed by atoms with Crippen LogP contribution in [0.25, 0.3) is 0 Å². The number of hydrogen-bond acceptors (Lipinski definition) is 4. The Morgan fingerprint density at radius 2 is 2.22 bits per heavy atom. The Balaban J connectivity index is 1.67. The third kappa shape index (κ3) is 6.80. The molecule has 0 spiro atoms. The van der Waals surface area contributed by atoms with Gasteiger partial charge in [0.05, 0.1) is 25.7 Å². The van der Waals surface area contributed by atoms with Crippen LogP contribution in [0.5, 0.6) is 0 Å². The van der Waals surface area contributed by atoms with Crippen LogP contribution in [0, 0.1) is 0 Å². The molecule has 126 valence electrons. The van der Waals surface area contributed by atoms with Crippen molar-refractivity contribution in [3.05, 3.63) is 29.8 Å². The minimum atomic E-state index is -0.831. The van der Waals surface area contributed by atoms with Gasteiger partial charge in [0, 0.05) is 18.7 Å². The van der Waals surface area contributed by atoms with Gasteiger partial charge in [-0.1, -0.05) is 12.1 Å². The summed E-state index contributed by atoms with van der Waals surface area (Å²) in [6, 6.07) is 7.24. The largest absolute Gasteiger partial charge is 0.481 e. The second kappa shape index (κ2) is 9.27. The molecule has 6 heteroatoms. The van der Waals surface area contributed by atoms with Gasteiger partial charge in [0.15, 0.2) is 0 Å². The number of benzene rings is 1. The number of rotatable bonds is 9. The lowest BCUT2D eigenvalue weighted by molar-refractivity contribution is -0.137. The highest BCUT2D eigenvalue weighted by molar-refractivity contribution is 5.90. The molecule has 0 aliphatic carbocycles. The fraction of sp³-hybridized carbons (Fsp3) is 0.529. The summed E-state index contributed by atoms with van der Waals surface area (Å²) < 4.78 is 10.9. The van der Waals surface area contributed by atoms with Crippen LogP contribution in [0.2, 0.25) is 0 Å². The van der Waals surface area contributed by atoms with E-state index in [0.29, 0.717) is 25.3 Å². The third-order valence-electron chi connectivity index (χ3n) is 3.64. The van der Waals surface area contributed by atoms with Crippen molar-refractivity contribution in [2.24, 2.45) is 0 Å². The summed E-state index contributed by atoms with van der Waals surface area (Å²) in [6.45, 7) is 1.70. The summed E-state index contributed by atoms with van der Waals surface area (Å²) in [7, 11) is 0. The summed E-state index contributed by atoms with van der Waals surface area (Å²) >= 11 is 0. The number of carboxylic acids is 1. The van der Waals surface area contributed by atoms with Gasteiger partial charge in [-0.2, -0.15) is 0 Å². The second-order valence-electron chi connectivity index (χ2n) is 5.60. The fourth-order valence-corrected chi connectivity index (χ4v) is 2.43. The van der Waals surface area contributed by atoms with E-state index in [-0.39, 0.29) is 24.9 Å². The number of aryl methyl sites for hydroxylation is 1. The number of ether oxygens (including phenoxy) is 2. The molecule has 0 aromatic heterocycles. The predicted molar refractivity (Wildman–Crippen MR) is 85.4 cm³/mol. The Morgan fingerprint density at radius 3 is 2.96 bits per heavy atom. The van der Waals surface area contributed by atoms with E-state index in [1.165, 1.54) is 0 Å². The Morgan fingerprint density at radius 1 is 1.35 bits per heavy atom. The highest BCUT2D eigenvalue weighted by Gasteiger charge is 2.15. The SMILES string of the molecule is O=C(O)CCc1cccc(NC(=O)CCOCC2CCCO2)c1. The van der Waals surface area contributed by atoms with Gasteiger partial charge in [-0.15, -0.1) is 0 Å². The first-order valence-corrected chi connectivity index (χ1v) is 7.93. The van der Waals surface area contributed by atoms with Crippen LogP contribution in [0.15, 0.2) is 24.3 Å². The molecule has 2 rings (SSSR count). The Labute approximate surface area is 135 Å². The van der Waals surface area contributed by atoms with Gasteiger partial charge in [0.1, 0.15) is 0 Å². The smallest absolute Gasteiger partial charge is 0.303 e. The molecule has 0 saturated carbocycles. The van der Waals surface area contributed by atoms with E-state index in [4.69, 9.17) is 14.6 Å². The van der Waals surface area contributed by atoms with Crippen molar-refractivity contribution in [1.82, 2.24) is 0 Å². The first-order chi connectivity index (χ1) is 11.1. The lowest BCUT2D eigenvalue weighted by Crippen LogP contribution is -2.18. The zero-order valence-electron chi connectivity index (χ0n) is 13.1. The molecule has 1 amide bonds. The molecule has 6 nitrogen and oxygen atoms in total. The summed E-state index contributed by atoms with van der Waals surface area (Å²) in [4.78, 5) is 22.5. The highest BCUT2D eigenvalue weighted by atomic mass is 16.5. The molecule has 0 radical (unpaired) electrons. The van der Waals surface area contributed by atoms with Gasteiger partial charge < -0.3 is 19.9 Å². The molecule has 1 saturated heterocycles. The summed E-state index contributed by atoms with van der Waals surface area (Å²) in [5, 5.41) is 11.5. The van der Waals surface area contributed by atoms with Crippen molar-refractivity contribution in [3.63, 3.8) is 0 Å². The number of amides is 1. The van der Waals surface area contributed by atoms with Crippen LogP contribution in [0.3, 0.4) is 0 Å². The number of carboxylic acid groups (broad SMARTS) is 1. The number of carbonyl (C=O) groups excluding carboxylic acids is 1. The quantitative estimate of drug-likeness (QED) is 0.681. The first-order valence-electron chi connectivity index (χ1n) is 7.93. The van der Waals surface area contributed by atoms with Crippen LogP contribution in [0.1, 0.15) is 31.2 Å². The van der Waals surface area contributed by atoms with E-state index in [1.807, 2.05) is 6.07 Å². The van der Waals surface area contributed by atoms with Crippen molar-refractivity contribution >= 4 is 17.6 Å². The van der Waals surface area contributed by atoms with E-state index in [2.05, 4.69) is 5.32 Å². The van der Waals surface area contributed by atoms with Crippen LogP contribution >= 0.6 is 0 Å². The molecule has 1 aromatic rings. The average Bonchev–Trinajstić information content (AvgIpc) is 3.03. The van der Waals surface area contributed by atoms with E-state index < -0.39 is 5.97 Å². The number of nitrogens with one attached hydrogen (secondary N) is 1. The molecular weight excluding hydrogens is 298 g/mol. The van der Waals surface area contributed by atoms with Gasteiger partial charge in [-0.25, -0.2) is 0 Å². The van der Waals surface area contributed by atoms with Crippen molar-refractivity contribution in [1.29, 1.82) is 0 Å². The monoisotopic (exact) mass is 321 g/mol. The van der Waals surface area contributed by atoms with E-state index in [9.17, 15) is 9.59 Å². The van der Waals surface area contributed by atoms with Crippen molar-refractivity contribution < 1.29 is 24.2 Å². The molecule has 1 atom stereocenters. The molecule has 0 bridgehead atoms. The molecule has 23 heavy (non-hydrogen) atoms. The second-order valence-corrected chi connectivity index (χ2v) is 5.60. The van der Waals surface area contributed by atoms with Crippen LogP contribution in [-0.2, 0) is 25.5 Å². The predicted octanol–water partition coefficient (Wildman–Crippen LogP) is 2.23. The molecule has 1 aromatic carbocycles. The van der Waals surface area contributed by atoms with Crippen molar-refractivity contribution in [2.75, 3.05) is 25.1 Å². The number of aliphatic carboxylic acids is 1. The molecule has 1 heterocycles. The topological polar surface area (TPSA) is 84.9 Å². The Bertz CT molecular complexity index is 525. The van der Waals surface area contributed by atoms with Crippen LogP contribution in [0.4, 0.5) is 5.69 Å². The molecule has 1 unspecified atom stereocenters. The Hall–Kier alpha value is -1.92. The minimum absolute atomic E-state index is 0.0779. The van der Waals surface area contributed by atoms with Gasteiger partial charge in [0.2, 0.25) is 5.91 Å². The normalized spacial score (nSPS) is 17.1. The lowest BCUT2D eigenvalue weighted by atomic mass is 10.1. The molecular formula is C17H23NO5. The average molecular weight is 321 g/mol. The van der Waals surface area contributed by atoms with E-state index in [0.717, 1.165) is 25.0 Å². The highest BCUT2D eigenvalue weighted by Crippen LogP contribution is 2.13. The molecule has 1 aliphatic rings. The zero-order valence-corrected chi connectivity index (χ0v) is 13.1. The van der Waals surface area contributed by atoms with Crippen LogP contribution in [-0.4, -0.2) is 42.9 Å². The Kier molecular flexibility index (Phi) is 7.03. The van der Waals surface area contributed by atoms with Crippen LogP contribution < -0.4 is 5.32 Å².